The van der Waals surface area contributed by atoms with Crippen LogP contribution in [0.25, 0.3) is 0 Å². The maximum Gasteiger partial charge on any atom is 0.220 e. The largest absolute Gasteiger partial charge is 0.822 e. The van der Waals surface area contributed by atoms with E-state index in [1.54, 1.807) is 0 Å². The van der Waals surface area contributed by atoms with Gasteiger partial charge in [0, 0.05) is 19.5 Å². The second-order valence-corrected chi connectivity index (χ2v) is 8.18. The maximum atomic E-state index is 11.4. The number of nitrogens with one attached hydrogen (secondary N) is 1. The van der Waals surface area contributed by atoms with Crippen LogP contribution >= 0.6 is 7.82 Å². The third-order valence-corrected chi connectivity index (χ3v) is 4.47. The van der Waals surface area contributed by atoms with Crippen molar-refractivity contribution >= 4 is 13.7 Å². The summed E-state index contributed by atoms with van der Waals surface area (Å²) < 4.78 is 8.55. The van der Waals surface area contributed by atoms with Crippen LogP contribution in [0.1, 0.15) is 110 Å². The predicted molar refractivity (Wildman–Crippen MR) is 109 cm³/mol. The molecule has 0 atom stereocenters. The van der Waals surface area contributed by atoms with Gasteiger partial charge in [0.25, 0.3) is 0 Å². The molecular formula is C20H42N2O5P-3. The molecule has 0 saturated carbocycles. The highest BCUT2D eigenvalue weighted by Gasteiger charge is 1.99. The molecule has 7 nitrogen and oxygen atoms in total. The average Bonchev–Trinajstić information content (AvgIpc) is 2.61. The molecule has 0 bridgehead atoms. The molecule has 0 aliphatic carbocycles. The van der Waals surface area contributed by atoms with Crippen LogP contribution in [-0.2, 0) is 9.36 Å². The lowest BCUT2D eigenvalue weighted by atomic mass is 10.0. The van der Waals surface area contributed by atoms with Gasteiger partial charge in [-0.25, -0.2) is 0 Å². The molecule has 0 spiro atoms. The van der Waals surface area contributed by atoms with Crippen molar-refractivity contribution in [1.29, 1.82) is 0 Å². The summed E-state index contributed by atoms with van der Waals surface area (Å²) in [5.41, 5.74) is 5.35. The van der Waals surface area contributed by atoms with Crippen LogP contribution < -0.4 is 25.7 Å². The summed E-state index contributed by atoms with van der Waals surface area (Å²) >= 11 is 0. The molecule has 1 amide bonds. The maximum absolute atomic E-state index is 11.4. The van der Waals surface area contributed by atoms with Crippen LogP contribution in [0.2, 0.25) is 0 Å². The standard InChI is InChI=1S/C20H42N2O.H3O4P/c1-2-3-4-5-6-7-8-9-10-11-12-13-14-15-16-17-20(23)22-19-18-21;1-5(2,3)4/h2-19,21H2,1H3,(H,22,23);(H3,1,2,3,4)/p-3. The van der Waals surface area contributed by atoms with Crippen molar-refractivity contribution in [2.75, 3.05) is 13.1 Å². The number of carbonyl (C=O) groups is 1. The highest BCUT2D eigenvalue weighted by Crippen LogP contribution is 2.13. The van der Waals surface area contributed by atoms with Crippen molar-refractivity contribution in [3.05, 3.63) is 0 Å². The van der Waals surface area contributed by atoms with Gasteiger partial charge < -0.3 is 30.3 Å². The highest BCUT2D eigenvalue weighted by atomic mass is 31.2. The molecule has 0 rings (SSSR count). The molecule has 0 aromatic rings. The lowest BCUT2D eigenvalue weighted by Crippen LogP contribution is -2.28. The van der Waals surface area contributed by atoms with Crippen molar-refractivity contribution in [2.24, 2.45) is 5.73 Å². The number of phosphoric acid groups is 1. The average molecular weight is 422 g/mol. The summed E-state index contributed by atoms with van der Waals surface area (Å²) in [5, 5.41) is 2.82. The molecule has 0 fully saturated rings. The molecule has 0 aromatic carbocycles. The fourth-order valence-corrected chi connectivity index (χ4v) is 2.96. The van der Waals surface area contributed by atoms with Crippen LogP contribution in [0.4, 0.5) is 0 Å². The van der Waals surface area contributed by atoms with Crippen molar-refractivity contribution < 1.29 is 24.0 Å². The van der Waals surface area contributed by atoms with Crippen LogP contribution in [-0.4, -0.2) is 19.0 Å². The molecule has 0 unspecified atom stereocenters. The van der Waals surface area contributed by atoms with E-state index in [4.69, 9.17) is 25.0 Å². The van der Waals surface area contributed by atoms with Crippen LogP contribution in [0.3, 0.4) is 0 Å². The van der Waals surface area contributed by atoms with E-state index in [9.17, 15) is 4.79 Å². The fraction of sp³-hybridized carbons (Fsp3) is 0.950. The molecule has 8 heteroatoms. The lowest BCUT2D eigenvalue weighted by molar-refractivity contribution is -0.432. The van der Waals surface area contributed by atoms with E-state index < -0.39 is 7.82 Å². The van der Waals surface area contributed by atoms with Gasteiger partial charge in [0.15, 0.2) is 0 Å². The van der Waals surface area contributed by atoms with Gasteiger partial charge in [-0.2, -0.15) is 7.82 Å². The van der Waals surface area contributed by atoms with E-state index >= 15 is 0 Å². The van der Waals surface area contributed by atoms with Gasteiger partial charge in [-0.1, -0.05) is 96.8 Å². The zero-order chi connectivity index (χ0) is 21.5. The predicted octanol–water partition coefficient (Wildman–Crippen LogP) is 2.50. The molecule has 28 heavy (non-hydrogen) atoms. The highest BCUT2D eigenvalue weighted by molar-refractivity contribution is 7.40. The number of carbonyl (C=O) groups excluding carboxylic acids is 1. The molecular weight excluding hydrogens is 379 g/mol. The zero-order valence-corrected chi connectivity index (χ0v) is 18.7. The van der Waals surface area contributed by atoms with Gasteiger partial charge in [0.05, 0.1) is 0 Å². The second-order valence-electron chi connectivity index (χ2n) is 7.29. The van der Waals surface area contributed by atoms with Gasteiger partial charge in [-0.3, -0.25) is 4.79 Å². The van der Waals surface area contributed by atoms with Crippen molar-refractivity contribution in [3.8, 4) is 0 Å². The van der Waals surface area contributed by atoms with Gasteiger partial charge >= 0.3 is 0 Å². The Labute approximate surface area is 172 Å². The summed E-state index contributed by atoms with van der Waals surface area (Å²) in [7, 11) is -5.39. The van der Waals surface area contributed by atoms with Gasteiger partial charge in [-0.05, 0) is 6.42 Å². The minimum atomic E-state index is -5.39. The SMILES string of the molecule is CCCCCCCCCCCCCCCCCC(=O)NCCN.O=P([O-])([O-])[O-]. The lowest BCUT2D eigenvalue weighted by Gasteiger charge is -2.36. The molecule has 0 saturated heterocycles. The molecule has 0 radical (unpaired) electrons. The summed E-state index contributed by atoms with van der Waals surface area (Å²) in [4.78, 5) is 37.0. The smallest absolute Gasteiger partial charge is 0.220 e. The molecule has 0 aromatic heterocycles. The Balaban J connectivity index is 0. The Morgan fingerprint density at radius 1 is 0.750 bits per heavy atom. The van der Waals surface area contributed by atoms with Crippen molar-refractivity contribution in [2.45, 2.75) is 110 Å². The van der Waals surface area contributed by atoms with Gasteiger partial charge in [0.1, 0.15) is 0 Å². The van der Waals surface area contributed by atoms with Crippen molar-refractivity contribution in [3.63, 3.8) is 0 Å². The number of hydrogen-bond donors (Lipinski definition) is 2. The summed E-state index contributed by atoms with van der Waals surface area (Å²) in [6, 6.07) is 0. The first-order valence-electron chi connectivity index (χ1n) is 11.0. The third kappa shape index (κ3) is 36.5. The monoisotopic (exact) mass is 421 g/mol. The molecule has 170 valence electrons. The second kappa shape index (κ2) is 22.8. The Morgan fingerprint density at radius 2 is 1.07 bits per heavy atom. The van der Waals surface area contributed by atoms with E-state index in [1.165, 1.54) is 89.9 Å². The van der Waals surface area contributed by atoms with Gasteiger partial charge in [-0.15, -0.1) is 0 Å². The van der Waals surface area contributed by atoms with E-state index in [0.29, 0.717) is 19.5 Å². The minimum absolute atomic E-state index is 0.158. The van der Waals surface area contributed by atoms with E-state index in [1.807, 2.05) is 0 Å². The van der Waals surface area contributed by atoms with Crippen molar-refractivity contribution in [1.82, 2.24) is 5.32 Å². The summed E-state index contributed by atoms with van der Waals surface area (Å²) in [6.07, 6.45) is 21.1. The van der Waals surface area contributed by atoms with Crippen LogP contribution in [0.15, 0.2) is 0 Å². The Bertz CT molecular complexity index is 369. The van der Waals surface area contributed by atoms with E-state index in [-0.39, 0.29) is 5.91 Å². The van der Waals surface area contributed by atoms with Crippen LogP contribution in [0, 0.1) is 0 Å². The first kappa shape index (κ1) is 29.7. The number of unbranched alkanes of at least 4 members (excludes halogenated alkanes) is 14. The molecule has 3 N–H and O–H groups in total. The Hall–Kier alpha value is -0.460. The summed E-state index contributed by atoms with van der Waals surface area (Å²) in [5.74, 6) is 0.158. The number of amides is 1. The van der Waals surface area contributed by atoms with Crippen LogP contribution in [0.5, 0.6) is 0 Å². The zero-order valence-electron chi connectivity index (χ0n) is 17.8. The third-order valence-electron chi connectivity index (χ3n) is 4.47. The Morgan fingerprint density at radius 3 is 1.39 bits per heavy atom. The topological polar surface area (TPSA) is 141 Å². The molecule has 0 aliphatic heterocycles. The van der Waals surface area contributed by atoms with E-state index in [2.05, 4.69) is 12.2 Å². The number of nitrogens with two attached hydrogens (primary N) is 1. The fourth-order valence-electron chi connectivity index (χ4n) is 2.96. The molecule has 0 heterocycles. The van der Waals surface area contributed by atoms with E-state index in [0.717, 1.165) is 6.42 Å². The first-order chi connectivity index (χ1) is 13.3. The minimum Gasteiger partial charge on any atom is -0.822 e. The Kier molecular flexibility index (Phi) is 24.2. The molecule has 0 aliphatic rings. The summed E-state index contributed by atoms with van der Waals surface area (Å²) in [6.45, 7) is 3.42. The first-order valence-corrected chi connectivity index (χ1v) is 12.5. The quantitative estimate of drug-likeness (QED) is 0.257. The normalized spacial score (nSPS) is 11.0. The van der Waals surface area contributed by atoms with Gasteiger partial charge in [0.2, 0.25) is 5.91 Å². The number of hydrogen-bond acceptors (Lipinski definition) is 6. The number of rotatable bonds is 18.